The van der Waals surface area contributed by atoms with Crippen LogP contribution >= 0.6 is 0 Å². The average Bonchev–Trinajstić information content (AvgIpc) is 3.27. The number of amides is 1. The van der Waals surface area contributed by atoms with Crippen molar-refractivity contribution in [1.82, 2.24) is 19.4 Å². The van der Waals surface area contributed by atoms with Crippen LogP contribution in [0.4, 0.5) is 0 Å². The molecule has 2 aromatic heterocycles. The Hall–Kier alpha value is -2.89. The first-order valence-electron chi connectivity index (χ1n) is 8.48. The zero-order chi connectivity index (χ0) is 17.2. The van der Waals surface area contributed by atoms with Gasteiger partial charge in [0.05, 0.1) is 17.9 Å². The van der Waals surface area contributed by atoms with Gasteiger partial charge >= 0.3 is 0 Å². The maximum atomic E-state index is 12.9. The van der Waals surface area contributed by atoms with Gasteiger partial charge in [-0.1, -0.05) is 18.2 Å². The fraction of sp³-hybridized carbons (Fsp3) is 0.316. The molecule has 0 saturated carbocycles. The predicted octanol–water partition coefficient (Wildman–Crippen LogP) is 2.65. The fourth-order valence-electron chi connectivity index (χ4n) is 3.28. The van der Waals surface area contributed by atoms with Crippen LogP contribution in [0.15, 0.2) is 48.9 Å². The van der Waals surface area contributed by atoms with Crippen molar-refractivity contribution in [3.63, 3.8) is 0 Å². The number of hydrogen-bond donors (Lipinski definition) is 0. The van der Waals surface area contributed by atoms with E-state index in [0.717, 1.165) is 36.3 Å². The molecule has 6 heteroatoms. The van der Waals surface area contributed by atoms with Gasteiger partial charge in [-0.25, -0.2) is 9.97 Å². The van der Waals surface area contributed by atoms with Gasteiger partial charge in [-0.15, -0.1) is 0 Å². The summed E-state index contributed by atoms with van der Waals surface area (Å²) in [5.74, 6) is 0.831. The van der Waals surface area contributed by atoms with Gasteiger partial charge in [-0.3, -0.25) is 4.79 Å². The second kappa shape index (κ2) is 6.55. The Bertz CT molecular complexity index is 891. The molecule has 1 fully saturated rings. The van der Waals surface area contributed by atoms with E-state index in [1.807, 2.05) is 52.9 Å². The molecule has 0 unspecified atom stereocenters. The second-order valence-electron chi connectivity index (χ2n) is 6.34. The standard InChI is InChI=1S/C19H20N4O2/c1-22-13-21-17-10-14(11-20-18(17)22)19(24)23-9-5-6-15(23)12-25-16-7-3-2-4-8-16/h2-4,7-8,10-11,13,15H,5-6,9,12H2,1H3/t15-/m1/s1. The van der Waals surface area contributed by atoms with Crippen LogP contribution < -0.4 is 4.74 Å². The number of ether oxygens (including phenoxy) is 1. The van der Waals surface area contributed by atoms with Crippen molar-refractivity contribution >= 4 is 17.1 Å². The minimum absolute atomic E-state index is 0.000727. The van der Waals surface area contributed by atoms with Crippen LogP contribution in [0.2, 0.25) is 0 Å². The quantitative estimate of drug-likeness (QED) is 0.735. The van der Waals surface area contributed by atoms with Gasteiger partial charge in [-0.05, 0) is 31.0 Å². The van der Waals surface area contributed by atoms with E-state index in [1.54, 1.807) is 12.5 Å². The molecule has 1 atom stereocenters. The summed E-state index contributed by atoms with van der Waals surface area (Å²) in [4.78, 5) is 23.5. The number of aromatic nitrogens is 3. The smallest absolute Gasteiger partial charge is 0.255 e. The molecular weight excluding hydrogens is 316 g/mol. The number of hydrogen-bond acceptors (Lipinski definition) is 4. The van der Waals surface area contributed by atoms with Crippen molar-refractivity contribution in [2.75, 3.05) is 13.2 Å². The Kier molecular flexibility index (Phi) is 4.09. The summed E-state index contributed by atoms with van der Waals surface area (Å²) >= 11 is 0. The summed E-state index contributed by atoms with van der Waals surface area (Å²) in [5, 5.41) is 0. The Morgan fingerprint density at radius 2 is 2.12 bits per heavy atom. The van der Waals surface area contributed by atoms with Crippen LogP contribution in [-0.2, 0) is 7.05 Å². The van der Waals surface area contributed by atoms with Crippen LogP contribution in [0.3, 0.4) is 0 Å². The van der Waals surface area contributed by atoms with Crippen molar-refractivity contribution in [3.05, 3.63) is 54.5 Å². The van der Waals surface area contributed by atoms with Crippen molar-refractivity contribution < 1.29 is 9.53 Å². The molecule has 0 N–H and O–H groups in total. The lowest BCUT2D eigenvalue weighted by atomic mass is 10.2. The number of pyridine rings is 1. The second-order valence-corrected chi connectivity index (χ2v) is 6.34. The van der Waals surface area contributed by atoms with Gasteiger partial charge in [0.15, 0.2) is 5.65 Å². The van der Waals surface area contributed by atoms with Crippen molar-refractivity contribution in [2.45, 2.75) is 18.9 Å². The minimum Gasteiger partial charge on any atom is -0.491 e. The monoisotopic (exact) mass is 336 g/mol. The predicted molar refractivity (Wildman–Crippen MR) is 94.5 cm³/mol. The van der Waals surface area contributed by atoms with Crippen LogP contribution in [-0.4, -0.2) is 44.5 Å². The number of likely N-dealkylation sites (tertiary alicyclic amines) is 1. The summed E-state index contributed by atoms with van der Waals surface area (Å²) in [6.45, 7) is 1.26. The molecule has 0 spiro atoms. The molecule has 1 aliphatic rings. The van der Waals surface area contributed by atoms with E-state index in [0.29, 0.717) is 12.2 Å². The minimum atomic E-state index is -0.000727. The number of fused-ring (bicyclic) bond motifs is 1. The number of benzene rings is 1. The number of carbonyl (C=O) groups excluding carboxylic acids is 1. The van der Waals surface area contributed by atoms with Crippen LogP contribution in [0.1, 0.15) is 23.2 Å². The SMILES string of the molecule is Cn1cnc2cc(C(=O)N3CCC[C@@H]3COc3ccccc3)cnc21. The molecule has 0 radical (unpaired) electrons. The van der Waals surface area contributed by atoms with Crippen molar-refractivity contribution in [1.29, 1.82) is 0 Å². The summed E-state index contributed by atoms with van der Waals surface area (Å²) < 4.78 is 7.70. The number of para-hydroxylation sites is 1. The summed E-state index contributed by atoms with van der Waals surface area (Å²) in [6, 6.07) is 11.6. The highest BCUT2D eigenvalue weighted by Gasteiger charge is 2.30. The van der Waals surface area contributed by atoms with E-state index in [1.165, 1.54) is 0 Å². The van der Waals surface area contributed by atoms with E-state index >= 15 is 0 Å². The molecule has 1 aromatic carbocycles. The van der Waals surface area contributed by atoms with Crippen molar-refractivity contribution in [2.24, 2.45) is 7.05 Å². The van der Waals surface area contributed by atoms with Crippen LogP contribution in [0.5, 0.6) is 5.75 Å². The normalized spacial score (nSPS) is 17.2. The Morgan fingerprint density at radius 1 is 1.28 bits per heavy atom. The third-order valence-electron chi connectivity index (χ3n) is 4.62. The highest BCUT2D eigenvalue weighted by Crippen LogP contribution is 2.22. The van der Waals surface area contributed by atoms with Crippen molar-refractivity contribution in [3.8, 4) is 5.75 Å². The van der Waals surface area contributed by atoms with Gasteiger partial charge in [-0.2, -0.15) is 0 Å². The van der Waals surface area contributed by atoms with Gasteiger partial charge < -0.3 is 14.2 Å². The lowest BCUT2D eigenvalue weighted by molar-refractivity contribution is 0.0691. The molecule has 0 aliphatic carbocycles. The lowest BCUT2D eigenvalue weighted by Crippen LogP contribution is -2.39. The summed E-state index contributed by atoms with van der Waals surface area (Å²) in [7, 11) is 1.89. The highest BCUT2D eigenvalue weighted by molar-refractivity contribution is 5.96. The maximum Gasteiger partial charge on any atom is 0.255 e. The third kappa shape index (κ3) is 3.07. The molecule has 1 amide bonds. The van der Waals surface area contributed by atoms with Gasteiger partial charge in [0, 0.05) is 19.8 Å². The molecule has 0 bridgehead atoms. The van der Waals surface area contributed by atoms with Gasteiger partial charge in [0.25, 0.3) is 5.91 Å². The molecule has 1 saturated heterocycles. The Balaban J connectivity index is 1.49. The summed E-state index contributed by atoms with van der Waals surface area (Å²) in [5.41, 5.74) is 2.10. The largest absolute Gasteiger partial charge is 0.491 e. The Morgan fingerprint density at radius 3 is 2.96 bits per heavy atom. The zero-order valence-electron chi connectivity index (χ0n) is 14.1. The van der Waals surface area contributed by atoms with E-state index in [-0.39, 0.29) is 11.9 Å². The third-order valence-corrected chi connectivity index (χ3v) is 4.62. The maximum absolute atomic E-state index is 12.9. The van der Waals surface area contributed by atoms with E-state index in [2.05, 4.69) is 9.97 Å². The molecule has 6 nitrogen and oxygen atoms in total. The summed E-state index contributed by atoms with van der Waals surface area (Å²) in [6.07, 6.45) is 5.30. The molecule has 1 aliphatic heterocycles. The Labute approximate surface area is 146 Å². The van der Waals surface area contributed by atoms with E-state index < -0.39 is 0 Å². The number of rotatable bonds is 4. The molecule has 128 valence electrons. The van der Waals surface area contributed by atoms with Crippen LogP contribution in [0, 0.1) is 0 Å². The lowest BCUT2D eigenvalue weighted by Gasteiger charge is -2.24. The molecule has 4 rings (SSSR count). The average molecular weight is 336 g/mol. The number of aryl methyl sites for hydroxylation is 1. The fourth-order valence-corrected chi connectivity index (χ4v) is 3.28. The molecule has 25 heavy (non-hydrogen) atoms. The first-order valence-corrected chi connectivity index (χ1v) is 8.48. The van der Waals surface area contributed by atoms with Gasteiger partial charge in [0.2, 0.25) is 0 Å². The number of nitrogens with zero attached hydrogens (tertiary/aromatic N) is 4. The zero-order valence-corrected chi connectivity index (χ0v) is 14.1. The van der Waals surface area contributed by atoms with E-state index in [4.69, 9.17) is 4.74 Å². The number of imidazole rings is 1. The van der Waals surface area contributed by atoms with Crippen LogP contribution in [0.25, 0.3) is 11.2 Å². The van der Waals surface area contributed by atoms with E-state index in [9.17, 15) is 4.79 Å². The topological polar surface area (TPSA) is 60.2 Å². The molecule has 3 aromatic rings. The first-order chi connectivity index (χ1) is 12.2. The van der Waals surface area contributed by atoms with Gasteiger partial charge in [0.1, 0.15) is 17.9 Å². The first kappa shape index (κ1) is 15.6. The molecular formula is C19H20N4O2. The number of carbonyl (C=O) groups is 1. The highest BCUT2D eigenvalue weighted by atomic mass is 16.5. The molecule has 3 heterocycles.